The van der Waals surface area contributed by atoms with E-state index in [1.807, 2.05) is 0 Å². The van der Waals surface area contributed by atoms with Crippen LogP contribution in [-0.4, -0.2) is 18.5 Å². The van der Waals surface area contributed by atoms with E-state index in [0.717, 1.165) is 6.08 Å². The monoisotopic (exact) mass is 220 g/mol. The number of hydrogen-bond acceptors (Lipinski definition) is 4. The topological polar surface area (TPSA) is 52.6 Å². The minimum Gasteiger partial charge on any atom is -0.501 e. The fourth-order valence-corrected chi connectivity index (χ4v) is 0.958. The van der Waals surface area contributed by atoms with Gasteiger partial charge in [0.2, 0.25) is 0 Å². The van der Waals surface area contributed by atoms with Crippen molar-refractivity contribution in [2.45, 2.75) is 6.92 Å². The average Bonchev–Trinajstić information content (AvgIpc) is 2.30. The molecule has 1 aromatic carbocycles. The van der Waals surface area contributed by atoms with Crippen molar-refractivity contribution in [3.05, 3.63) is 48.2 Å². The Labute approximate surface area is 93.5 Å². The molecule has 4 nitrogen and oxygen atoms in total. The summed E-state index contributed by atoms with van der Waals surface area (Å²) >= 11 is 0. The third-order valence-electron chi connectivity index (χ3n) is 1.67. The highest BCUT2D eigenvalue weighted by molar-refractivity contribution is 5.99. The second-order valence-corrected chi connectivity index (χ2v) is 2.83. The molecule has 0 aliphatic carbocycles. The van der Waals surface area contributed by atoms with Gasteiger partial charge in [-0.25, -0.2) is 9.59 Å². The molecule has 1 rings (SSSR count). The minimum absolute atomic E-state index is 0.334. The number of esters is 2. The Morgan fingerprint density at radius 3 is 2.56 bits per heavy atom. The number of hydrogen-bond donors (Lipinski definition) is 0. The van der Waals surface area contributed by atoms with E-state index in [4.69, 9.17) is 4.74 Å². The van der Waals surface area contributed by atoms with E-state index in [0.29, 0.717) is 12.2 Å². The maximum Gasteiger partial charge on any atom is 0.346 e. The molecular weight excluding hydrogens is 208 g/mol. The molecule has 0 fully saturated rings. The minimum atomic E-state index is -0.748. The Morgan fingerprint density at radius 1 is 1.25 bits per heavy atom. The van der Waals surface area contributed by atoms with Gasteiger partial charge < -0.3 is 9.47 Å². The van der Waals surface area contributed by atoms with Crippen LogP contribution < -0.4 is 0 Å². The predicted octanol–water partition coefficient (Wildman–Crippen LogP) is 1.92. The summed E-state index contributed by atoms with van der Waals surface area (Å²) < 4.78 is 9.34. The molecule has 0 bridgehead atoms. The molecule has 0 radical (unpaired) electrons. The highest BCUT2D eigenvalue weighted by Crippen LogP contribution is 2.01. The van der Waals surface area contributed by atoms with Gasteiger partial charge in [-0.3, -0.25) is 0 Å². The molecule has 0 spiro atoms. The van der Waals surface area contributed by atoms with Gasteiger partial charge in [-0.15, -0.1) is 0 Å². The zero-order valence-corrected chi connectivity index (χ0v) is 8.88. The molecule has 0 amide bonds. The van der Waals surface area contributed by atoms with Crippen molar-refractivity contribution >= 4 is 11.9 Å². The van der Waals surface area contributed by atoms with Crippen molar-refractivity contribution < 1.29 is 19.1 Å². The van der Waals surface area contributed by atoms with E-state index in [-0.39, 0.29) is 0 Å². The van der Waals surface area contributed by atoms with Crippen molar-refractivity contribution in [1.82, 2.24) is 0 Å². The van der Waals surface area contributed by atoms with Gasteiger partial charge in [-0.2, -0.15) is 0 Å². The van der Waals surface area contributed by atoms with Crippen LogP contribution in [0.15, 0.2) is 42.7 Å². The van der Waals surface area contributed by atoms with Gasteiger partial charge in [0.1, 0.15) is 0 Å². The van der Waals surface area contributed by atoms with Crippen molar-refractivity contribution in [2.24, 2.45) is 0 Å². The van der Waals surface area contributed by atoms with E-state index in [1.165, 1.54) is 6.26 Å². The first kappa shape index (κ1) is 12.0. The van der Waals surface area contributed by atoms with E-state index in [1.54, 1.807) is 37.3 Å². The van der Waals surface area contributed by atoms with Crippen LogP contribution in [0.2, 0.25) is 0 Å². The Balaban J connectivity index is 2.49. The smallest absolute Gasteiger partial charge is 0.346 e. The van der Waals surface area contributed by atoms with Crippen molar-refractivity contribution in [1.29, 1.82) is 0 Å². The largest absolute Gasteiger partial charge is 0.501 e. The number of benzene rings is 1. The lowest BCUT2D eigenvalue weighted by atomic mass is 10.2. The van der Waals surface area contributed by atoms with Gasteiger partial charge in [0.15, 0.2) is 0 Å². The first-order valence-corrected chi connectivity index (χ1v) is 4.83. The average molecular weight is 220 g/mol. The molecule has 1 aromatic rings. The standard InChI is InChI=1S/C12H12O4/c1-2-15-9-8-11(13)16-12(14)10-6-4-3-5-7-10/h3-9H,2H2,1H3. The molecule has 0 N–H and O–H groups in total. The van der Waals surface area contributed by atoms with Gasteiger partial charge in [-0.05, 0) is 19.1 Å². The molecule has 0 saturated heterocycles. The summed E-state index contributed by atoms with van der Waals surface area (Å²) in [5.41, 5.74) is 0.334. The number of rotatable bonds is 4. The predicted molar refractivity (Wildman–Crippen MR) is 57.6 cm³/mol. The Hall–Kier alpha value is -2.10. The molecule has 0 aliphatic heterocycles. The molecule has 0 aromatic heterocycles. The summed E-state index contributed by atoms with van der Waals surface area (Å²) in [5, 5.41) is 0. The van der Waals surface area contributed by atoms with Crippen molar-refractivity contribution in [3.8, 4) is 0 Å². The number of ether oxygens (including phenoxy) is 2. The lowest BCUT2D eigenvalue weighted by Gasteiger charge is -1.99. The van der Waals surface area contributed by atoms with Crippen LogP contribution in [0.25, 0.3) is 0 Å². The SMILES string of the molecule is CCOC=CC(=O)OC(=O)c1ccccc1. The third kappa shape index (κ3) is 3.96. The highest BCUT2D eigenvalue weighted by atomic mass is 16.6. The Bertz CT molecular complexity index is 381. The summed E-state index contributed by atoms with van der Waals surface area (Å²) in [4.78, 5) is 22.5. The van der Waals surface area contributed by atoms with Crippen molar-refractivity contribution in [3.63, 3.8) is 0 Å². The molecule has 84 valence electrons. The van der Waals surface area contributed by atoms with Gasteiger partial charge in [0, 0.05) is 0 Å². The van der Waals surface area contributed by atoms with Gasteiger partial charge in [-0.1, -0.05) is 18.2 Å². The second-order valence-electron chi connectivity index (χ2n) is 2.83. The number of carbonyl (C=O) groups is 2. The zero-order valence-electron chi connectivity index (χ0n) is 8.88. The van der Waals surface area contributed by atoms with Crippen LogP contribution in [0.1, 0.15) is 17.3 Å². The normalized spacial score (nSPS) is 10.1. The van der Waals surface area contributed by atoms with Crippen LogP contribution in [-0.2, 0) is 14.3 Å². The van der Waals surface area contributed by atoms with Gasteiger partial charge in [0.25, 0.3) is 0 Å². The van der Waals surface area contributed by atoms with Crippen LogP contribution in [0.4, 0.5) is 0 Å². The molecule has 0 aliphatic rings. The van der Waals surface area contributed by atoms with E-state index < -0.39 is 11.9 Å². The van der Waals surface area contributed by atoms with E-state index in [9.17, 15) is 9.59 Å². The summed E-state index contributed by atoms with van der Waals surface area (Å²) in [5.74, 6) is -1.42. The second kappa shape index (κ2) is 6.40. The zero-order chi connectivity index (χ0) is 11.8. The van der Waals surface area contributed by atoms with Crippen LogP contribution in [0, 0.1) is 0 Å². The van der Waals surface area contributed by atoms with Gasteiger partial charge in [0.05, 0.1) is 24.5 Å². The summed E-state index contributed by atoms with van der Waals surface area (Å²) in [6.45, 7) is 2.24. The fourth-order valence-electron chi connectivity index (χ4n) is 0.958. The molecular formula is C12H12O4. The first-order valence-electron chi connectivity index (χ1n) is 4.83. The maximum absolute atomic E-state index is 11.4. The summed E-state index contributed by atoms with van der Waals surface area (Å²) in [6, 6.07) is 8.30. The quantitative estimate of drug-likeness (QED) is 0.336. The first-order chi connectivity index (χ1) is 7.74. The lowest BCUT2D eigenvalue weighted by molar-refractivity contribution is -0.132. The van der Waals surface area contributed by atoms with Crippen molar-refractivity contribution in [2.75, 3.05) is 6.61 Å². The Kier molecular flexibility index (Phi) is 4.79. The summed E-state index contributed by atoms with van der Waals surface area (Å²) in [7, 11) is 0. The molecule has 0 saturated carbocycles. The third-order valence-corrected chi connectivity index (χ3v) is 1.67. The summed E-state index contributed by atoms with van der Waals surface area (Å²) in [6.07, 6.45) is 2.25. The van der Waals surface area contributed by atoms with E-state index >= 15 is 0 Å². The molecule has 0 heterocycles. The number of carbonyl (C=O) groups excluding carboxylic acids is 2. The molecule has 16 heavy (non-hydrogen) atoms. The van der Waals surface area contributed by atoms with Crippen LogP contribution in [0.3, 0.4) is 0 Å². The van der Waals surface area contributed by atoms with Gasteiger partial charge >= 0.3 is 11.9 Å². The fraction of sp³-hybridized carbons (Fsp3) is 0.167. The van der Waals surface area contributed by atoms with E-state index in [2.05, 4.69) is 4.74 Å². The Morgan fingerprint density at radius 2 is 1.94 bits per heavy atom. The van der Waals surface area contributed by atoms with Crippen LogP contribution >= 0.6 is 0 Å². The lowest BCUT2D eigenvalue weighted by Crippen LogP contribution is -2.10. The molecule has 4 heteroatoms. The van der Waals surface area contributed by atoms with Crippen LogP contribution in [0.5, 0.6) is 0 Å². The highest BCUT2D eigenvalue weighted by Gasteiger charge is 2.09. The molecule has 0 atom stereocenters. The maximum atomic E-state index is 11.4. The molecule has 0 unspecified atom stereocenters.